The summed E-state index contributed by atoms with van der Waals surface area (Å²) in [5.74, 6) is -0.677. The Morgan fingerprint density at radius 2 is 2.16 bits per heavy atom. The average molecular weight is 365 g/mol. The van der Waals surface area contributed by atoms with Crippen molar-refractivity contribution in [2.24, 2.45) is 5.92 Å². The summed E-state index contributed by atoms with van der Waals surface area (Å²) in [4.78, 5) is 16.2. The van der Waals surface area contributed by atoms with Gasteiger partial charge < -0.3 is 9.30 Å². The lowest BCUT2D eigenvalue weighted by Crippen LogP contribution is -2.44. The number of para-hydroxylation sites is 2. The highest BCUT2D eigenvalue weighted by Crippen LogP contribution is 2.21. The number of imidazole rings is 1. The average Bonchev–Trinajstić information content (AvgIpc) is 3.04. The molecule has 2 heterocycles. The van der Waals surface area contributed by atoms with Gasteiger partial charge in [-0.2, -0.15) is 0 Å². The summed E-state index contributed by atoms with van der Waals surface area (Å²) in [5, 5.41) is 0. The molecule has 1 aliphatic heterocycles. The first-order chi connectivity index (χ1) is 12.0. The summed E-state index contributed by atoms with van der Waals surface area (Å²) >= 11 is 0. The maximum absolute atomic E-state index is 12.7. The number of hydrogen-bond acceptors (Lipinski definition) is 5. The van der Waals surface area contributed by atoms with E-state index in [0.29, 0.717) is 32.5 Å². The molecule has 0 spiro atoms. The molecular formula is C17H23N3O4S. The van der Waals surface area contributed by atoms with Crippen LogP contribution in [0.2, 0.25) is 0 Å². The fourth-order valence-corrected chi connectivity index (χ4v) is 4.68. The van der Waals surface area contributed by atoms with E-state index < -0.39 is 10.0 Å². The van der Waals surface area contributed by atoms with Gasteiger partial charge in [0.05, 0.1) is 35.6 Å². The summed E-state index contributed by atoms with van der Waals surface area (Å²) in [5.41, 5.74) is 1.76. The van der Waals surface area contributed by atoms with E-state index in [4.69, 9.17) is 4.74 Å². The fraction of sp³-hybridized carbons (Fsp3) is 0.529. The highest BCUT2D eigenvalue weighted by Gasteiger charge is 2.32. The van der Waals surface area contributed by atoms with Gasteiger partial charge in [0.25, 0.3) is 0 Å². The molecule has 8 heteroatoms. The third-order valence-corrected chi connectivity index (χ3v) is 6.33. The minimum absolute atomic E-state index is 0.0110. The Hall–Kier alpha value is -1.93. The van der Waals surface area contributed by atoms with Gasteiger partial charge in [0.15, 0.2) is 0 Å². The Morgan fingerprint density at radius 1 is 1.36 bits per heavy atom. The van der Waals surface area contributed by atoms with Gasteiger partial charge in [0.2, 0.25) is 10.0 Å². The smallest absolute Gasteiger partial charge is 0.310 e. The fourth-order valence-electron chi connectivity index (χ4n) is 3.18. The van der Waals surface area contributed by atoms with E-state index in [9.17, 15) is 13.2 Å². The minimum Gasteiger partial charge on any atom is -0.466 e. The largest absolute Gasteiger partial charge is 0.466 e. The van der Waals surface area contributed by atoms with Crippen molar-refractivity contribution in [1.29, 1.82) is 0 Å². The van der Waals surface area contributed by atoms with Crippen molar-refractivity contribution in [2.45, 2.75) is 26.3 Å². The van der Waals surface area contributed by atoms with Crippen molar-refractivity contribution in [3.8, 4) is 0 Å². The molecule has 0 N–H and O–H groups in total. The number of ether oxygens (including phenoxy) is 1. The van der Waals surface area contributed by atoms with E-state index >= 15 is 0 Å². The molecule has 0 radical (unpaired) electrons. The molecule has 1 fully saturated rings. The molecule has 0 saturated carbocycles. The number of aryl methyl sites for hydroxylation is 1. The van der Waals surface area contributed by atoms with Crippen LogP contribution in [0.5, 0.6) is 0 Å². The van der Waals surface area contributed by atoms with Crippen LogP contribution in [-0.4, -0.2) is 53.7 Å². The van der Waals surface area contributed by atoms with E-state index in [1.54, 1.807) is 13.3 Å². The number of aromatic nitrogens is 2. The van der Waals surface area contributed by atoms with Gasteiger partial charge in [-0.25, -0.2) is 17.7 Å². The van der Waals surface area contributed by atoms with Gasteiger partial charge in [-0.1, -0.05) is 12.1 Å². The van der Waals surface area contributed by atoms with Crippen LogP contribution >= 0.6 is 0 Å². The maximum atomic E-state index is 12.7. The van der Waals surface area contributed by atoms with Crippen molar-refractivity contribution in [3.05, 3.63) is 30.6 Å². The van der Waals surface area contributed by atoms with Crippen LogP contribution in [0.4, 0.5) is 0 Å². The molecule has 1 aromatic carbocycles. The Kier molecular flexibility index (Phi) is 5.39. The number of rotatable bonds is 6. The summed E-state index contributed by atoms with van der Waals surface area (Å²) in [6.45, 7) is 3.08. The van der Waals surface area contributed by atoms with Gasteiger partial charge in [0.1, 0.15) is 0 Å². The highest BCUT2D eigenvalue weighted by atomic mass is 32.2. The summed E-state index contributed by atoms with van der Waals surface area (Å²) in [6, 6.07) is 7.63. The first kappa shape index (κ1) is 17.9. The third kappa shape index (κ3) is 4.01. The van der Waals surface area contributed by atoms with Crippen LogP contribution < -0.4 is 0 Å². The van der Waals surface area contributed by atoms with Crippen LogP contribution in [0.3, 0.4) is 0 Å². The molecule has 1 saturated heterocycles. The van der Waals surface area contributed by atoms with Crippen molar-refractivity contribution in [2.75, 3.05) is 25.4 Å². The highest BCUT2D eigenvalue weighted by molar-refractivity contribution is 7.89. The lowest BCUT2D eigenvalue weighted by atomic mass is 10.0. The number of piperidine rings is 1. The van der Waals surface area contributed by atoms with E-state index in [1.807, 2.05) is 28.8 Å². The molecule has 3 rings (SSSR count). The molecule has 0 amide bonds. The second-order valence-electron chi connectivity index (χ2n) is 6.19. The molecule has 7 nitrogen and oxygen atoms in total. The van der Waals surface area contributed by atoms with Crippen LogP contribution in [-0.2, 0) is 26.1 Å². The zero-order valence-electron chi connectivity index (χ0n) is 14.3. The Balaban J connectivity index is 1.66. The Bertz CT molecular complexity index is 846. The number of hydrogen-bond donors (Lipinski definition) is 0. The molecule has 136 valence electrons. The second kappa shape index (κ2) is 7.53. The third-order valence-electron chi connectivity index (χ3n) is 4.51. The van der Waals surface area contributed by atoms with Crippen LogP contribution in [0.25, 0.3) is 11.0 Å². The molecule has 1 aromatic heterocycles. The minimum atomic E-state index is -3.43. The van der Waals surface area contributed by atoms with Gasteiger partial charge in [-0.05, 0) is 31.9 Å². The van der Waals surface area contributed by atoms with Gasteiger partial charge in [-0.15, -0.1) is 0 Å². The van der Waals surface area contributed by atoms with E-state index in [-0.39, 0.29) is 24.2 Å². The molecule has 0 bridgehead atoms. The topological polar surface area (TPSA) is 81.5 Å². The van der Waals surface area contributed by atoms with Crippen LogP contribution in [0.1, 0.15) is 19.8 Å². The first-order valence-corrected chi connectivity index (χ1v) is 10.2. The van der Waals surface area contributed by atoms with Crippen LogP contribution in [0, 0.1) is 5.92 Å². The van der Waals surface area contributed by atoms with Crippen molar-refractivity contribution in [3.63, 3.8) is 0 Å². The number of nitrogens with zero attached hydrogens (tertiary/aromatic N) is 3. The summed E-state index contributed by atoms with van der Waals surface area (Å²) < 4.78 is 33.7. The second-order valence-corrected chi connectivity index (χ2v) is 8.28. The Labute approximate surface area is 147 Å². The van der Waals surface area contributed by atoms with E-state index in [1.165, 1.54) is 4.31 Å². The first-order valence-electron chi connectivity index (χ1n) is 8.55. The quantitative estimate of drug-likeness (QED) is 0.727. The summed E-state index contributed by atoms with van der Waals surface area (Å²) in [7, 11) is -3.43. The number of esters is 1. The molecule has 1 aliphatic rings. The predicted molar refractivity (Wildman–Crippen MR) is 94.4 cm³/mol. The van der Waals surface area contributed by atoms with Crippen molar-refractivity contribution < 1.29 is 17.9 Å². The molecule has 2 aromatic rings. The number of fused-ring (bicyclic) bond motifs is 1. The SMILES string of the molecule is CCOC(=O)C1CCCN(S(=O)(=O)CCn2cnc3ccccc32)C1. The van der Waals surface area contributed by atoms with E-state index in [0.717, 1.165) is 11.0 Å². The Morgan fingerprint density at radius 3 is 2.96 bits per heavy atom. The van der Waals surface area contributed by atoms with Crippen LogP contribution in [0.15, 0.2) is 30.6 Å². The predicted octanol–water partition coefficient (Wildman–Crippen LogP) is 1.64. The molecule has 0 aliphatic carbocycles. The standard InChI is InChI=1S/C17H23N3O4S/c1-2-24-17(21)14-6-5-9-20(12-14)25(22,23)11-10-19-13-18-15-7-3-4-8-16(15)19/h3-4,7-8,13-14H,2,5-6,9-12H2,1H3. The summed E-state index contributed by atoms with van der Waals surface area (Å²) in [6.07, 6.45) is 3.02. The lowest BCUT2D eigenvalue weighted by Gasteiger charge is -2.30. The number of carbonyl (C=O) groups excluding carboxylic acids is 1. The number of sulfonamides is 1. The maximum Gasteiger partial charge on any atom is 0.310 e. The number of benzene rings is 1. The van der Waals surface area contributed by atoms with Gasteiger partial charge >= 0.3 is 5.97 Å². The zero-order valence-corrected chi connectivity index (χ0v) is 15.1. The number of carbonyl (C=O) groups is 1. The molecule has 1 atom stereocenters. The molecular weight excluding hydrogens is 342 g/mol. The monoisotopic (exact) mass is 365 g/mol. The molecule has 1 unspecified atom stereocenters. The zero-order chi connectivity index (χ0) is 17.9. The molecule has 25 heavy (non-hydrogen) atoms. The van der Waals surface area contributed by atoms with Gasteiger partial charge in [0, 0.05) is 19.6 Å². The van der Waals surface area contributed by atoms with Gasteiger partial charge in [-0.3, -0.25) is 4.79 Å². The normalized spacial score (nSPS) is 19.2. The van der Waals surface area contributed by atoms with Crippen molar-refractivity contribution in [1.82, 2.24) is 13.9 Å². The van der Waals surface area contributed by atoms with Crippen molar-refractivity contribution >= 4 is 27.0 Å². The van der Waals surface area contributed by atoms with E-state index in [2.05, 4.69) is 4.98 Å². The lowest BCUT2D eigenvalue weighted by molar-refractivity contribution is -0.149.